The molecular weight excluding hydrogens is 304 g/mol. The fraction of sp³-hybridized carbons (Fsp3) is 0.833. The van der Waals surface area contributed by atoms with Crippen molar-refractivity contribution in [1.82, 2.24) is 5.01 Å². The van der Waals surface area contributed by atoms with Gasteiger partial charge >= 0.3 is 8.80 Å². The largest absolute Gasteiger partial charge is 0.500 e. The number of guanidine groups is 1. The van der Waals surface area contributed by atoms with Crippen LogP contribution in [0.3, 0.4) is 0 Å². The van der Waals surface area contributed by atoms with Crippen molar-refractivity contribution < 1.29 is 13.3 Å². The zero-order valence-electron chi connectivity index (χ0n) is 13.6. The Balaban J connectivity index is 2.63. The topological polar surface area (TPSA) is 134 Å². The summed E-state index contributed by atoms with van der Waals surface area (Å²) in [7, 11) is -2.64. The van der Waals surface area contributed by atoms with Gasteiger partial charge in [0, 0.05) is 32.3 Å². The first-order valence-electron chi connectivity index (χ1n) is 7.60. The maximum Gasteiger partial charge on any atom is 0.500 e. The first kappa shape index (κ1) is 19.0. The summed E-state index contributed by atoms with van der Waals surface area (Å²) in [4.78, 5) is 8.01. The molecule has 1 heterocycles. The van der Waals surface area contributed by atoms with E-state index in [0.717, 1.165) is 6.42 Å². The van der Waals surface area contributed by atoms with Crippen LogP contribution >= 0.6 is 0 Å². The van der Waals surface area contributed by atoms with Gasteiger partial charge in [-0.2, -0.15) is 4.99 Å². The summed E-state index contributed by atoms with van der Waals surface area (Å²) in [6.45, 7) is 7.47. The summed E-state index contributed by atoms with van der Waals surface area (Å²) in [5.41, 5.74) is 11.4. The van der Waals surface area contributed by atoms with Crippen molar-refractivity contribution in [3.63, 3.8) is 0 Å². The number of hydrogen-bond donors (Lipinski definition) is 3. The Morgan fingerprint density at radius 3 is 2.18 bits per heavy atom. The molecule has 1 aliphatic rings. The number of nitrogens with zero attached hydrogens (tertiary/aromatic N) is 3. The van der Waals surface area contributed by atoms with E-state index in [1.807, 2.05) is 20.8 Å². The van der Waals surface area contributed by atoms with E-state index in [9.17, 15) is 0 Å². The van der Waals surface area contributed by atoms with Crippen molar-refractivity contribution in [2.75, 3.05) is 19.8 Å². The molecule has 0 spiro atoms. The minimum atomic E-state index is -2.64. The van der Waals surface area contributed by atoms with Gasteiger partial charge in [0.25, 0.3) is 0 Å². The highest BCUT2D eigenvalue weighted by atomic mass is 28.4. The molecule has 0 saturated carbocycles. The second-order valence-electron chi connectivity index (χ2n) is 4.67. The molecule has 1 aliphatic heterocycles. The molecule has 0 saturated heterocycles. The molecule has 6 N–H and O–H groups in total. The highest BCUT2D eigenvalue weighted by Gasteiger charge is 2.39. The van der Waals surface area contributed by atoms with E-state index in [1.54, 1.807) is 0 Å². The highest BCUT2D eigenvalue weighted by molar-refractivity contribution is 6.60. The smallest absolute Gasteiger partial charge is 0.374 e. The van der Waals surface area contributed by atoms with Crippen molar-refractivity contribution in [1.29, 1.82) is 0 Å². The van der Waals surface area contributed by atoms with E-state index in [4.69, 9.17) is 30.6 Å². The maximum atomic E-state index is 5.84. The van der Waals surface area contributed by atoms with Gasteiger partial charge in [-0.15, -0.1) is 0 Å². The van der Waals surface area contributed by atoms with Crippen LogP contribution in [0.15, 0.2) is 9.98 Å². The second-order valence-corrected chi connectivity index (χ2v) is 7.40. The molecule has 0 aromatic rings. The summed E-state index contributed by atoms with van der Waals surface area (Å²) in [6, 6.07) is 0.682. The van der Waals surface area contributed by atoms with Gasteiger partial charge in [0.15, 0.2) is 6.29 Å². The molecule has 0 amide bonds. The molecule has 0 radical (unpaired) electrons. The number of amidine groups is 1. The third-order valence-corrected chi connectivity index (χ3v) is 6.22. The lowest BCUT2D eigenvalue weighted by Gasteiger charge is -2.30. The highest BCUT2D eigenvalue weighted by Crippen LogP contribution is 2.20. The van der Waals surface area contributed by atoms with Gasteiger partial charge in [-0.05, 0) is 27.2 Å². The lowest BCUT2D eigenvalue weighted by Crippen LogP contribution is -2.53. The summed E-state index contributed by atoms with van der Waals surface area (Å²) in [5, 5.41) is 1.32. The standard InChI is InChI=1S/C12H28N6O3Si/c1-4-19-22(20-5-2,21-6-3)9-7-8-10-16-11(13)17-12(14)18(10)15/h12H,4-9,14-15H2,1-3H3,(H2,13,17). The lowest BCUT2D eigenvalue weighted by molar-refractivity contribution is 0.0709. The molecule has 0 fully saturated rings. The predicted octanol–water partition coefficient (Wildman–Crippen LogP) is -0.0402. The third-order valence-electron chi connectivity index (χ3n) is 3.07. The number of rotatable bonds is 10. The van der Waals surface area contributed by atoms with E-state index in [-0.39, 0.29) is 5.96 Å². The second kappa shape index (κ2) is 9.18. The van der Waals surface area contributed by atoms with E-state index in [2.05, 4.69) is 9.98 Å². The predicted molar refractivity (Wildman–Crippen MR) is 87.7 cm³/mol. The molecular formula is C12H28N6O3Si. The van der Waals surface area contributed by atoms with Gasteiger partial charge in [0.2, 0.25) is 5.96 Å². The van der Waals surface area contributed by atoms with Crippen molar-refractivity contribution >= 4 is 20.6 Å². The normalized spacial score (nSPS) is 19.1. The SMILES string of the molecule is CCO[Si](CCCC1=NC(N)=NC(N)N1N)(OCC)OCC. The first-order chi connectivity index (χ1) is 10.5. The van der Waals surface area contributed by atoms with Gasteiger partial charge in [-0.3, -0.25) is 10.7 Å². The van der Waals surface area contributed by atoms with Crippen LogP contribution in [0, 0.1) is 0 Å². The quantitative estimate of drug-likeness (QED) is 0.377. The van der Waals surface area contributed by atoms with Gasteiger partial charge in [-0.1, -0.05) is 0 Å². The molecule has 0 aromatic heterocycles. The molecule has 0 aromatic carbocycles. The van der Waals surface area contributed by atoms with Crippen molar-refractivity contribution in [3.05, 3.63) is 0 Å². The molecule has 0 bridgehead atoms. The summed E-state index contributed by atoms with van der Waals surface area (Å²) < 4.78 is 17.4. The third kappa shape index (κ3) is 5.30. The van der Waals surface area contributed by atoms with Crippen molar-refractivity contribution in [2.24, 2.45) is 27.3 Å². The molecule has 0 aliphatic carbocycles. The van der Waals surface area contributed by atoms with Gasteiger partial charge in [0.05, 0.1) is 0 Å². The Bertz CT molecular complexity index is 389. The van der Waals surface area contributed by atoms with Crippen molar-refractivity contribution in [3.8, 4) is 0 Å². The Kier molecular flexibility index (Phi) is 7.93. The van der Waals surface area contributed by atoms with Crippen LogP contribution in [0.2, 0.25) is 6.04 Å². The molecule has 128 valence electrons. The molecule has 9 nitrogen and oxygen atoms in total. The first-order valence-corrected chi connectivity index (χ1v) is 9.53. The maximum absolute atomic E-state index is 5.84. The fourth-order valence-corrected chi connectivity index (χ4v) is 4.83. The Morgan fingerprint density at radius 2 is 1.68 bits per heavy atom. The van der Waals surface area contributed by atoms with Gasteiger partial charge in [-0.25, -0.2) is 10.8 Å². The van der Waals surface area contributed by atoms with Crippen LogP contribution in [0.1, 0.15) is 33.6 Å². The van der Waals surface area contributed by atoms with E-state index in [1.165, 1.54) is 5.01 Å². The molecule has 22 heavy (non-hydrogen) atoms. The number of hydrogen-bond acceptors (Lipinski definition) is 9. The van der Waals surface area contributed by atoms with E-state index in [0.29, 0.717) is 38.1 Å². The van der Waals surface area contributed by atoms with Gasteiger partial charge < -0.3 is 19.0 Å². The van der Waals surface area contributed by atoms with E-state index >= 15 is 0 Å². The molecule has 1 rings (SSSR count). The van der Waals surface area contributed by atoms with Crippen LogP contribution in [-0.2, 0) is 13.3 Å². The Hall–Kier alpha value is -1.04. The Morgan fingerprint density at radius 1 is 1.14 bits per heavy atom. The number of hydrazine groups is 1. The number of nitrogens with two attached hydrogens (primary N) is 3. The zero-order valence-corrected chi connectivity index (χ0v) is 14.6. The summed E-state index contributed by atoms with van der Waals surface area (Å²) in [5.74, 6) is 6.59. The van der Waals surface area contributed by atoms with Gasteiger partial charge in [0.1, 0.15) is 5.84 Å². The summed E-state index contributed by atoms with van der Waals surface area (Å²) >= 11 is 0. The molecule has 1 atom stereocenters. The summed E-state index contributed by atoms with van der Waals surface area (Å²) in [6.07, 6.45) is 0.654. The van der Waals surface area contributed by atoms with Crippen molar-refractivity contribution in [2.45, 2.75) is 45.9 Å². The van der Waals surface area contributed by atoms with Crippen LogP contribution in [0.5, 0.6) is 0 Å². The van der Waals surface area contributed by atoms with Crippen LogP contribution in [-0.4, -0.2) is 51.7 Å². The average molecular weight is 332 g/mol. The lowest BCUT2D eigenvalue weighted by atomic mass is 10.3. The molecule has 10 heteroatoms. The average Bonchev–Trinajstić information content (AvgIpc) is 2.45. The minimum Gasteiger partial charge on any atom is -0.374 e. The van der Waals surface area contributed by atoms with Crippen LogP contribution in [0.25, 0.3) is 0 Å². The zero-order chi connectivity index (χ0) is 16.6. The van der Waals surface area contributed by atoms with E-state index < -0.39 is 15.1 Å². The fourth-order valence-electron chi connectivity index (χ4n) is 2.22. The van der Waals surface area contributed by atoms with Crippen LogP contribution in [0.4, 0.5) is 0 Å². The monoisotopic (exact) mass is 332 g/mol. The molecule has 1 unspecified atom stereocenters. The minimum absolute atomic E-state index is 0.145. The van der Waals surface area contributed by atoms with Crippen LogP contribution < -0.4 is 17.3 Å². The Labute approximate surface area is 132 Å². The number of aliphatic imine (C=N–C) groups is 2.